The fraction of sp³-hybridized carbons (Fsp3) is 0.0476. The SMILES string of the molecule is O=C(NNC(=O)c1ccc[n+](CC(=O)c2ccccc2)c1)Nc1ccccc1.[Br-]. The smallest absolute Gasteiger partial charge is 0.337 e. The molecule has 3 amide bonds. The third-order valence-corrected chi connectivity index (χ3v) is 3.86. The molecule has 0 aliphatic carbocycles. The van der Waals surface area contributed by atoms with E-state index in [0.29, 0.717) is 16.8 Å². The van der Waals surface area contributed by atoms with Gasteiger partial charge in [0, 0.05) is 17.3 Å². The molecule has 0 saturated heterocycles. The molecule has 0 bridgehead atoms. The maximum Gasteiger partial charge on any atom is 0.337 e. The first-order valence-corrected chi connectivity index (χ1v) is 8.61. The van der Waals surface area contributed by atoms with Crippen molar-refractivity contribution in [1.82, 2.24) is 10.9 Å². The van der Waals surface area contributed by atoms with Crippen molar-refractivity contribution in [3.05, 3.63) is 96.3 Å². The van der Waals surface area contributed by atoms with Gasteiger partial charge in [0.1, 0.15) is 5.56 Å². The second-order valence-electron chi connectivity index (χ2n) is 5.95. The van der Waals surface area contributed by atoms with Gasteiger partial charge in [-0.25, -0.2) is 10.2 Å². The van der Waals surface area contributed by atoms with Crippen LogP contribution in [0.4, 0.5) is 10.5 Å². The lowest BCUT2D eigenvalue weighted by Crippen LogP contribution is -3.00. The number of rotatable bonds is 5. The molecule has 0 aliphatic rings. The molecule has 29 heavy (non-hydrogen) atoms. The van der Waals surface area contributed by atoms with Gasteiger partial charge in [-0.05, 0) is 18.2 Å². The summed E-state index contributed by atoms with van der Waals surface area (Å²) >= 11 is 0. The van der Waals surface area contributed by atoms with Gasteiger partial charge in [-0.1, -0.05) is 48.5 Å². The van der Waals surface area contributed by atoms with Crippen LogP contribution < -0.4 is 37.7 Å². The number of carbonyl (C=O) groups is 3. The molecule has 0 radical (unpaired) electrons. The number of para-hydroxylation sites is 1. The summed E-state index contributed by atoms with van der Waals surface area (Å²) in [5.74, 6) is -0.562. The van der Waals surface area contributed by atoms with Gasteiger partial charge in [-0.15, -0.1) is 0 Å². The number of pyridine rings is 1. The Balaban J connectivity index is 0.00000300. The second kappa shape index (κ2) is 10.7. The maximum absolute atomic E-state index is 12.3. The minimum Gasteiger partial charge on any atom is -1.00 e. The van der Waals surface area contributed by atoms with Gasteiger partial charge >= 0.3 is 6.03 Å². The van der Waals surface area contributed by atoms with Crippen LogP contribution in [0.15, 0.2) is 85.2 Å². The van der Waals surface area contributed by atoms with E-state index < -0.39 is 11.9 Å². The third kappa shape index (κ3) is 6.54. The summed E-state index contributed by atoms with van der Waals surface area (Å²) in [5.41, 5.74) is 6.13. The number of benzene rings is 2. The van der Waals surface area contributed by atoms with Crippen LogP contribution in [-0.2, 0) is 6.54 Å². The van der Waals surface area contributed by atoms with Crippen LogP contribution in [0.3, 0.4) is 0 Å². The Bertz CT molecular complexity index is 981. The molecule has 3 N–H and O–H groups in total. The van der Waals surface area contributed by atoms with Crippen LogP contribution in [0, 0.1) is 0 Å². The molecule has 3 aromatic rings. The van der Waals surface area contributed by atoms with E-state index in [1.54, 1.807) is 77.6 Å². The summed E-state index contributed by atoms with van der Waals surface area (Å²) in [6.07, 6.45) is 3.25. The molecule has 148 valence electrons. The number of hydrazine groups is 1. The average molecular weight is 455 g/mol. The number of carbonyl (C=O) groups excluding carboxylic acids is 3. The van der Waals surface area contributed by atoms with Gasteiger partial charge < -0.3 is 22.3 Å². The summed E-state index contributed by atoms with van der Waals surface area (Å²) in [4.78, 5) is 36.4. The molecule has 0 atom stereocenters. The number of halogens is 1. The fourth-order valence-electron chi connectivity index (χ4n) is 2.51. The highest BCUT2D eigenvalue weighted by molar-refractivity contribution is 5.97. The zero-order chi connectivity index (χ0) is 19.8. The number of nitrogens with zero attached hydrogens (tertiary/aromatic N) is 1. The van der Waals surface area contributed by atoms with Crippen LogP contribution in [0.5, 0.6) is 0 Å². The maximum atomic E-state index is 12.3. The van der Waals surface area contributed by atoms with Gasteiger partial charge in [0.2, 0.25) is 12.3 Å². The Labute approximate surface area is 178 Å². The number of nitrogens with one attached hydrogen (secondary N) is 3. The minimum atomic E-state index is -0.567. The lowest BCUT2D eigenvalue weighted by atomic mass is 10.1. The number of aromatic nitrogens is 1. The lowest BCUT2D eigenvalue weighted by molar-refractivity contribution is -0.683. The van der Waals surface area contributed by atoms with Crippen molar-refractivity contribution >= 4 is 23.4 Å². The van der Waals surface area contributed by atoms with Crippen molar-refractivity contribution in [2.45, 2.75) is 6.54 Å². The fourth-order valence-corrected chi connectivity index (χ4v) is 2.51. The monoisotopic (exact) mass is 454 g/mol. The van der Waals surface area contributed by atoms with E-state index in [4.69, 9.17) is 0 Å². The molecular formula is C21H19BrN4O3. The van der Waals surface area contributed by atoms with Crippen molar-refractivity contribution in [3.63, 3.8) is 0 Å². The molecule has 2 aromatic carbocycles. The number of ketones is 1. The summed E-state index contributed by atoms with van der Waals surface area (Å²) < 4.78 is 1.62. The predicted octanol–water partition coefficient (Wildman–Crippen LogP) is -0.672. The predicted molar refractivity (Wildman–Crippen MR) is 103 cm³/mol. The van der Waals surface area contributed by atoms with Crippen molar-refractivity contribution in [1.29, 1.82) is 0 Å². The molecule has 3 rings (SSSR count). The first-order chi connectivity index (χ1) is 13.6. The highest BCUT2D eigenvalue weighted by Crippen LogP contribution is 2.04. The van der Waals surface area contributed by atoms with Crippen LogP contribution in [0.1, 0.15) is 20.7 Å². The third-order valence-electron chi connectivity index (χ3n) is 3.86. The first kappa shape index (κ1) is 21.8. The molecular weight excluding hydrogens is 436 g/mol. The van der Waals surface area contributed by atoms with E-state index in [-0.39, 0.29) is 29.3 Å². The highest BCUT2D eigenvalue weighted by Gasteiger charge is 2.15. The van der Waals surface area contributed by atoms with Crippen molar-refractivity contribution in [2.24, 2.45) is 0 Å². The van der Waals surface area contributed by atoms with E-state index in [2.05, 4.69) is 16.2 Å². The molecule has 0 fully saturated rings. The van der Waals surface area contributed by atoms with Gasteiger partial charge in [0.05, 0.1) is 0 Å². The number of amides is 3. The normalized spacial score (nSPS) is 9.66. The van der Waals surface area contributed by atoms with Crippen molar-refractivity contribution < 1.29 is 35.9 Å². The highest BCUT2D eigenvalue weighted by atomic mass is 79.9. The molecule has 8 heteroatoms. The number of anilines is 1. The van der Waals surface area contributed by atoms with Crippen LogP contribution in [0.2, 0.25) is 0 Å². The van der Waals surface area contributed by atoms with E-state index >= 15 is 0 Å². The number of urea groups is 1. The van der Waals surface area contributed by atoms with Gasteiger partial charge in [-0.3, -0.25) is 15.0 Å². The van der Waals surface area contributed by atoms with Crippen LogP contribution in [-0.4, -0.2) is 17.7 Å². The molecule has 1 aromatic heterocycles. The van der Waals surface area contributed by atoms with Crippen molar-refractivity contribution in [2.75, 3.05) is 5.32 Å². The topological polar surface area (TPSA) is 91.2 Å². The largest absolute Gasteiger partial charge is 1.00 e. The summed E-state index contributed by atoms with van der Waals surface area (Å²) in [5, 5.41) is 2.59. The minimum absolute atomic E-state index is 0. The second-order valence-corrected chi connectivity index (χ2v) is 5.95. The molecule has 0 spiro atoms. The Hall–Kier alpha value is -3.52. The first-order valence-electron chi connectivity index (χ1n) is 8.61. The van der Waals surface area contributed by atoms with E-state index in [1.807, 2.05) is 12.1 Å². The van der Waals surface area contributed by atoms with Gasteiger partial charge in [0.15, 0.2) is 12.4 Å². The molecule has 0 aliphatic heterocycles. The standard InChI is InChI=1S/C21H18N4O3.BrH/c26-19(16-8-3-1-4-9-16)15-25-13-7-10-17(14-25)20(27)23-24-21(28)22-18-11-5-2-6-12-18;/h1-14H,15H2,(H2-,22,23,24,27,28);1H. The molecule has 7 nitrogen and oxygen atoms in total. The van der Waals surface area contributed by atoms with Gasteiger partial charge in [0.25, 0.3) is 5.91 Å². The van der Waals surface area contributed by atoms with Crippen LogP contribution in [0.25, 0.3) is 0 Å². The number of hydrogen-bond donors (Lipinski definition) is 3. The van der Waals surface area contributed by atoms with E-state index in [1.165, 1.54) is 0 Å². The summed E-state index contributed by atoms with van der Waals surface area (Å²) in [6, 6.07) is 20.5. The number of Topliss-reactive ketones (excluding diaryl/α,β-unsaturated/α-hetero) is 1. The van der Waals surface area contributed by atoms with Crippen molar-refractivity contribution in [3.8, 4) is 0 Å². The Morgan fingerprint density at radius 2 is 1.38 bits per heavy atom. The van der Waals surface area contributed by atoms with E-state index in [9.17, 15) is 14.4 Å². The molecule has 0 saturated carbocycles. The molecule has 0 unspecified atom stereocenters. The average Bonchev–Trinajstić information content (AvgIpc) is 2.73. The zero-order valence-corrected chi connectivity index (χ0v) is 16.9. The summed E-state index contributed by atoms with van der Waals surface area (Å²) in [6.45, 7) is 0.104. The Morgan fingerprint density at radius 1 is 0.759 bits per heavy atom. The summed E-state index contributed by atoms with van der Waals surface area (Å²) in [7, 11) is 0. The van der Waals surface area contributed by atoms with E-state index in [0.717, 1.165) is 0 Å². The Morgan fingerprint density at radius 3 is 2.07 bits per heavy atom. The number of hydrogen-bond acceptors (Lipinski definition) is 3. The zero-order valence-electron chi connectivity index (χ0n) is 15.3. The quantitative estimate of drug-likeness (QED) is 0.271. The Kier molecular flexibility index (Phi) is 8.05. The lowest BCUT2D eigenvalue weighted by Gasteiger charge is -2.08. The molecule has 1 heterocycles. The van der Waals surface area contributed by atoms with Gasteiger partial charge in [-0.2, -0.15) is 4.57 Å². The van der Waals surface area contributed by atoms with Crippen LogP contribution >= 0.6 is 0 Å².